The molecule has 2 aliphatic rings. The van der Waals surface area contributed by atoms with Crippen molar-refractivity contribution >= 4 is 5.91 Å². The predicted molar refractivity (Wildman–Crippen MR) is 106 cm³/mol. The maximum Gasteiger partial charge on any atom is 0.270 e. The molecule has 1 atom stereocenters. The van der Waals surface area contributed by atoms with Crippen LogP contribution in [0, 0.1) is 17.2 Å². The normalized spacial score (nSPS) is 21.0. The van der Waals surface area contributed by atoms with Gasteiger partial charge in [-0.15, -0.1) is 0 Å². The molecule has 0 N–H and O–H groups in total. The monoisotopic (exact) mass is 388 g/mol. The van der Waals surface area contributed by atoms with E-state index in [0.29, 0.717) is 23.7 Å². The molecule has 0 spiro atoms. The van der Waals surface area contributed by atoms with E-state index in [4.69, 9.17) is 14.7 Å². The number of nitrogens with zero attached hydrogens (tertiary/aromatic N) is 4. The first-order valence-corrected chi connectivity index (χ1v) is 10.3. The second-order valence-electron chi connectivity index (χ2n) is 7.96. The first kappa shape index (κ1) is 20.8. The molecule has 0 aliphatic carbocycles. The molecule has 3 heterocycles. The highest BCUT2D eigenvalue weighted by Gasteiger charge is 2.29. The Morgan fingerprint density at radius 1 is 1.36 bits per heavy atom. The fourth-order valence-electron chi connectivity index (χ4n) is 4.20. The highest BCUT2D eigenvalue weighted by atomic mass is 16.5. The number of hydrogen-bond acceptors (Lipinski definition) is 5. The third kappa shape index (κ3) is 5.34. The molecule has 0 radical (unpaired) electrons. The van der Waals surface area contributed by atoms with Gasteiger partial charge in [0.15, 0.2) is 0 Å². The Labute approximate surface area is 167 Å². The quantitative estimate of drug-likeness (QED) is 0.680. The Morgan fingerprint density at radius 3 is 2.75 bits per heavy atom. The summed E-state index contributed by atoms with van der Waals surface area (Å²) in [6, 6.07) is 3.82. The lowest BCUT2D eigenvalue weighted by atomic mass is 9.95. The van der Waals surface area contributed by atoms with Crippen LogP contribution in [0.15, 0.2) is 12.3 Å². The van der Waals surface area contributed by atoms with Gasteiger partial charge in [-0.2, -0.15) is 5.26 Å². The van der Waals surface area contributed by atoms with Crippen molar-refractivity contribution in [1.82, 2.24) is 14.4 Å². The third-order valence-corrected chi connectivity index (χ3v) is 5.89. The first-order valence-electron chi connectivity index (χ1n) is 10.3. The Bertz CT molecular complexity index is 682. The van der Waals surface area contributed by atoms with Crippen molar-refractivity contribution in [2.24, 2.45) is 13.0 Å². The topological polar surface area (TPSA) is 70.7 Å². The number of nitriles is 1. The molecule has 7 heteroatoms. The van der Waals surface area contributed by atoms with E-state index in [1.165, 1.54) is 0 Å². The molecule has 1 aromatic heterocycles. The average molecular weight is 389 g/mol. The highest BCUT2D eigenvalue weighted by molar-refractivity contribution is 5.93. The summed E-state index contributed by atoms with van der Waals surface area (Å²) in [6.07, 6.45) is 6.10. The number of methoxy groups -OCH3 is 1. The molecule has 0 saturated carbocycles. The summed E-state index contributed by atoms with van der Waals surface area (Å²) in [4.78, 5) is 17.7. The van der Waals surface area contributed by atoms with E-state index in [9.17, 15) is 4.79 Å². The van der Waals surface area contributed by atoms with E-state index in [2.05, 4.69) is 11.0 Å². The highest BCUT2D eigenvalue weighted by Crippen LogP contribution is 2.22. The molecule has 0 unspecified atom stereocenters. The number of aryl methyl sites for hydroxylation is 1. The van der Waals surface area contributed by atoms with Gasteiger partial charge in [0.2, 0.25) is 0 Å². The van der Waals surface area contributed by atoms with Gasteiger partial charge in [0.05, 0.1) is 18.3 Å². The second-order valence-corrected chi connectivity index (χ2v) is 7.96. The number of aromatic nitrogens is 1. The van der Waals surface area contributed by atoms with Crippen LogP contribution in [0.5, 0.6) is 0 Å². The van der Waals surface area contributed by atoms with Crippen LogP contribution in [0.25, 0.3) is 0 Å². The minimum Gasteiger partial charge on any atom is -0.383 e. The molecule has 3 rings (SSSR count). The molecule has 2 fully saturated rings. The van der Waals surface area contributed by atoms with Gasteiger partial charge in [0.1, 0.15) is 11.8 Å². The number of piperidine rings is 1. The molecule has 2 saturated heterocycles. The minimum atomic E-state index is 0.00122. The number of amides is 1. The van der Waals surface area contributed by atoms with Gasteiger partial charge in [0.25, 0.3) is 5.91 Å². The smallest absolute Gasteiger partial charge is 0.270 e. The SMILES string of the molecule is COCCN1CCC(CN(C[C@@H]2CCCO2)C(=O)c2cc(C#N)cn2C)CC1. The van der Waals surface area contributed by atoms with E-state index in [1.807, 2.05) is 11.9 Å². The summed E-state index contributed by atoms with van der Waals surface area (Å²) >= 11 is 0. The van der Waals surface area contributed by atoms with Gasteiger partial charge in [-0.05, 0) is 50.8 Å². The number of ether oxygens (including phenoxy) is 2. The van der Waals surface area contributed by atoms with Crippen molar-refractivity contribution in [3.05, 3.63) is 23.5 Å². The fraction of sp³-hybridized carbons (Fsp3) is 0.714. The Hall–Kier alpha value is -1.88. The predicted octanol–water partition coefficient (Wildman–Crippen LogP) is 1.88. The van der Waals surface area contributed by atoms with Crippen LogP contribution in [0.1, 0.15) is 41.7 Å². The maximum atomic E-state index is 13.3. The largest absolute Gasteiger partial charge is 0.383 e. The number of likely N-dealkylation sites (tertiary alicyclic amines) is 1. The van der Waals surface area contributed by atoms with Crippen molar-refractivity contribution in [3.63, 3.8) is 0 Å². The molecule has 2 aliphatic heterocycles. The molecule has 0 aromatic carbocycles. The van der Waals surface area contributed by atoms with E-state index >= 15 is 0 Å². The summed E-state index contributed by atoms with van der Waals surface area (Å²) in [7, 11) is 3.56. The second kappa shape index (κ2) is 10.1. The third-order valence-electron chi connectivity index (χ3n) is 5.89. The van der Waals surface area contributed by atoms with Crippen molar-refractivity contribution < 1.29 is 14.3 Å². The van der Waals surface area contributed by atoms with Crippen LogP contribution >= 0.6 is 0 Å². The van der Waals surface area contributed by atoms with Crippen LogP contribution in [0.2, 0.25) is 0 Å². The molecule has 7 nitrogen and oxygen atoms in total. The van der Waals surface area contributed by atoms with Gasteiger partial charge in [-0.3, -0.25) is 4.79 Å². The molecule has 154 valence electrons. The van der Waals surface area contributed by atoms with Gasteiger partial charge in [0, 0.05) is 46.6 Å². The van der Waals surface area contributed by atoms with Crippen LogP contribution in [-0.2, 0) is 16.5 Å². The molecule has 1 amide bonds. The Balaban J connectivity index is 1.64. The summed E-state index contributed by atoms with van der Waals surface area (Å²) < 4.78 is 12.7. The summed E-state index contributed by atoms with van der Waals surface area (Å²) in [5.41, 5.74) is 1.10. The summed E-state index contributed by atoms with van der Waals surface area (Å²) in [5, 5.41) is 9.15. The van der Waals surface area contributed by atoms with Crippen molar-refractivity contribution in [3.8, 4) is 6.07 Å². The lowest BCUT2D eigenvalue weighted by Gasteiger charge is -2.35. The molecule has 1 aromatic rings. The van der Waals surface area contributed by atoms with Crippen LogP contribution in [-0.4, -0.2) is 79.4 Å². The maximum absolute atomic E-state index is 13.3. The van der Waals surface area contributed by atoms with Crippen molar-refractivity contribution in [2.45, 2.75) is 31.8 Å². The fourth-order valence-corrected chi connectivity index (χ4v) is 4.20. The van der Waals surface area contributed by atoms with Gasteiger partial charge in [-0.1, -0.05) is 0 Å². The average Bonchev–Trinajstić information content (AvgIpc) is 3.35. The lowest BCUT2D eigenvalue weighted by molar-refractivity contribution is 0.0430. The molecular weight excluding hydrogens is 356 g/mol. The number of rotatable bonds is 8. The van der Waals surface area contributed by atoms with Crippen LogP contribution < -0.4 is 0 Å². The standard InChI is InChI=1S/C21H32N4O3/c1-23-14-18(13-22)12-20(23)21(26)25(16-19-4-3-10-28-19)15-17-5-7-24(8-6-17)9-11-27-2/h12,14,17,19H,3-11,15-16H2,1-2H3/t19-/m0/s1. The lowest BCUT2D eigenvalue weighted by Crippen LogP contribution is -2.44. The molecule has 28 heavy (non-hydrogen) atoms. The Kier molecular flexibility index (Phi) is 7.49. The summed E-state index contributed by atoms with van der Waals surface area (Å²) in [6.45, 7) is 6.02. The van der Waals surface area contributed by atoms with Gasteiger partial charge >= 0.3 is 0 Å². The summed E-state index contributed by atoms with van der Waals surface area (Å²) in [5.74, 6) is 0.501. The van der Waals surface area contributed by atoms with E-state index in [-0.39, 0.29) is 12.0 Å². The zero-order valence-electron chi connectivity index (χ0n) is 17.1. The van der Waals surface area contributed by atoms with Crippen molar-refractivity contribution in [2.75, 3.05) is 53.0 Å². The van der Waals surface area contributed by atoms with Gasteiger partial charge in [-0.25, -0.2) is 0 Å². The van der Waals surface area contributed by atoms with Crippen LogP contribution in [0.4, 0.5) is 0 Å². The number of carbonyl (C=O) groups is 1. The molecule has 0 bridgehead atoms. The van der Waals surface area contributed by atoms with E-state index < -0.39 is 0 Å². The van der Waals surface area contributed by atoms with E-state index in [1.54, 1.807) is 23.9 Å². The minimum absolute atomic E-state index is 0.00122. The molecular formula is C21H32N4O3. The first-order chi connectivity index (χ1) is 13.6. The Morgan fingerprint density at radius 2 is 2.14 bits per heavy atom. The number of hydrogen-bond donors (Lipinski definition) is 0. The van der Waals surface area contributed by atoms with Crippen LogP contribution in [0.3, 0.4) is 0 Å². The van der Waals surface area contributed by atoms with Crippen molar-refractivity contribution in [1.29, 1.82) is 5.26 Å². The van der Waals surface area contributed by atoms with Gasteiger partial charge < -0.3 is 23.8 Å². The zero-order chi connectivity index (χ0) is 19.9. The van der Waals surface area contributed by atoms with E-state index in [0.717, 1.165) is 65.1 Å². The number of carbonyl (C=O) groups excluding carboxylic acids is 1. The zero-order valence-corrected chi connectivity index (χ0v) is 17.1.